The average molecular weight is 221 g/mol. The van der Waals surface area contributed by atoms with Crippen LogP contribution >= 0.6 is 0 Å². The number of hydrogen-bond acceptors (Lipinski definition) is 2. The maximum Gasteiger partial charge on any atom is 0.103 e. The summed E-state index contributed by atoms with van der Waals surface area (Å²) in [6.45, 7) is 11.3. The van der Waals surface area contributed by atoms with E-state index in [1.807, 2.05) is 13.1 Å². The van der Waals surface area contributed by atoms with Crippen molar-refractivity contribution in [2.45, 2.75) is 52.0 Å². The second-order valence-electron chi connectivity index (χ2n) is 5.86. The van der Waals surface area contributed by atoms with Gasteiger partial charge in [0.2, 0.25) is 0 Å². The molecule has 1 N–H and O–H groups in total. The Hall–Kier alpha value is -0.830. The number of H-pyrrole nitrogens is 1. The molecule has 0 atom stereocenters. The Morgan fingerprint density at radius 2 is 1.94 bits per heavy atom. The minimum Gasteiger partial charge on any atom is -0.346 e. The maximum absolute atomic E-state index is 4.29. The van der Waals surface area contributed by atoms with Crippen molar-refractivity contribution in [3.63, 3.8) is 0 Å². The largest absolute Gasteiger partial charge is 0.346 e. The van der Waals surface area contributed by atoms with Gasteiger partial charge in [0.25, 0.3) is 0 Å². The summed E-state index contributed by atoms with van der Waals surface area (Å²) in [4.78, 5) is 10.2. The van der Waals surface area contributed by atoms with Crippen molar-refractivity contribution in [3.8, 4) is 0 Å². The summed E-state index contributed by atoms with van der Waals surface area (Å²) in [5.41, 5.74) is 1.64. The number of rotatable bonds is 1. The fourth-order valence-corrected chi connectivity index (χ4v) is 2.51. The molecule has 2 rings (SSSR count). The Labute approximate surface area is 98.3 Å². The van der Waals surface area contributed by atoms with E-state index in [1.54, 1.807) is 0 Å². The molecule has 3 heteroatoms. The number of likely N-dealkylation sites (tertiary alicyclic amines) is 1. The van der Waals surface area contributed by atoms with E-state index in [2.05, 4.69) is 35.6 Å². The molecule has 1 fully saturated rings. The van der Waals surface area contributed by atoms with Crippen molar-refractivity contribution < 1.29 is 0 Å². The van der Waals surface area contributed by atoms with Gasteiger partial charge in [-0.15, -0.1) is 0 Å². The van der Waals surface area contributed by atoms with Crippen LogP contribution in [-0.2, 0) is 0 Å². The first kappa shape index (κ1) is 11.6. The second-order valence-corrected chi connectivity index (χ2v) is 5.86. The molecular formula is C13H23N3. The average Bonchev–Trinajstić information content (AvgIpc) is 2.64. The van der Waals surface area contributed by atoms with E-state index >= 15 is 0 Å². The van der Waals surface area contributed by atoms with Crippen LogP contribution in [0.3, 0.4) is 0 Å². The topological polar surface area (TPSA) is 31.9 Å². The highest BCUT2D eigenvalue weighted by molar-refractivity contribution is 5.08. The van der Waals surface area contributed by atoms with E-state index in [0.29, 0.717) is 11.5 Å². The van der Waals surface area contributed by atoms with Crippen molar-refractivity contribution in [3.05, 3.63) is 17.7 Å². The number of aromatic nitrogens is 2. The summed E-state index contributed by atoms with van der Waals surface area (Å²) < 4.78 is 0. The monoisotopic (exact) mass is 221 g/mol. The molecule has 1 aromatic rings. The lowest BCUT2D eigenvalue weighted by molar-refractivity contribution is 0.102. The number of nitrogens with zero attached hydrogens (tertiary/aromatic N) is 2. The first-order valence-electron chi connectivity index (χ1n) is 6.23. The predicted molar refractivity (Wildman–Crippen MR) is 66.6 cm³/mol. The van der Waals surface area contributed by atoms with Crippen molar-refractivity contribution in [2.24, 2.45) is 0 Å². The fourth-order valence-electron chi connectivity index (χ4n) is 2.51. The van der Waals surface area contributed by atoms with Crippen LogP contribution in [0.25, 0.3) is 0 Å². The summed E-state index contributed by atoms with van der Waals surface area (Å²) in [7, 11) is 0. The molecule has 0 aliphatic carbocycles. The fraction of sp³-hybridized carbons (Fsp3) is 0.769. The van der Waals surface area contributed by atoms with Gasteiger partial charge in [0.1, 0.15) is 5.82 Å². The van der Waals surface area contributed by atoms with Crippen LogP contribution in [0.1, 0.15) is 51.0 Å². The van der Waals surface area contributed by atoms with Crippen LogP contribution in [0.5, 0.6) is 0 Å². The van der Waals surface area contributed by atoms with Crippen LogP contribution in [0.4, 0.5) is 0 Å². The number of aryl methyl sites for hydroxylation is 1. The summed E-state index contributed by atoms with van der Waals surface area (Å²) in [6.07, 6.45) is 4.50. The van der Waals surface area contributed by atoms with E-state index < -0.39 is 0 Å². The van der Waals surface area contributed by atoms with Crippen molar-refractivity contribution in [1.29, 1.82) is 0 Å². The molecule has 0 bridgehead atoms. The standard InChI is InChI=1S/C13H23N3/c1-10-14-9-12(15-10)11-5-7-16(8-6-11)13(2,3)4/h9,11H,5-8H2,1-4H3,(H,14,15). The lowest BCUT2D eigenvalue weighted by Crippen LogP contribution is -2.45. The van der Waals surface area contributed by atoms with Crippen LogP contribution < -0.4 is 0 Å². The van der Waals surface area contributed by atoms with E-state index in [1.165, 1.54) is 31.6 Å². The van der Waals surface area contributed by atoms with Crippen molar-refractivity contribution in [2.75, 3.05) is 13.1 Å². The first-order chi connectivity index (χ1) is 7.47. The minimum atomic E-state index is 0.314. The molecule has 0 aromatic carbocycles. The summed E-state index contributed by atoms with van der Waals surface area (Å²) in [6, 6.07) is 0. The Balaban J connectivity index is 1.95. The second kappa shape index (κ2) is 4.21. The first-order valence-corrected chi connectivity index (χ1v) is 6.23. The third-order valence-corrected chi connectivity index (χ3v) is 3.61. The van der Waals surface area contributed by atoms with E-state index in [4.69, 9.17) is 0 Å². The summed E-state index contributed by atoms with van der Waals surface area (Å²) in [5.74, 6) is 1.72. The van der Waals surface area contributed by atoms with Crippen molar-refractivity contribution >= 4 is 0 Å². The van der Waals surface area contributed by atoms with Crippen LogP contribution in [0.2, 0.25) is 0 Å². The lowest BCUT2D eigenvalue weighted by Gasteiger charge is -2.40. The molecule has 3 nitrogen and oxygen atoms in total. The normalized spacial score (nSPS) is 20.2. The van der Waals surface area contributed by atoms with Gasteiger partial charge in [-0.25, -0.2) is 4.98 Å². The molecule has 90 valence electrons. The zero-order chi connectivity index (χ0) is 11.8. The molecule has 16 heavy (non-hydrogen) atoms. The number of hydrogen-bond donors (Lipinski definition) is 1. The molecule has 1 aliphatic rings. The molecule has 2 heterocycles. The van der Waals surface area contributed by atoms with Gasteiger partial charge in [0, 0.05) is 23.3 Å². The van der Waals surface area contributed by atoms with Gasteiger partial charge in [0.05, 0.1) is 0 Å². The minimum absolute atomic E-state index is 0.314. The van der Waals surface area contributed by atoms with Crippen LogP contribution in [-0.4, -0.2) is 33.5 Å². The highest BCUT2D eigenvalue weighted by Crippen LogP contribution is 2.29. The summed E-state index contributed by atoms with van der Waals surface area (Å²) >= 11 is 0. The van der Waals surface area contributed by atoms with Crippen LogP contribution in [0, 0.1) is 6.92 Å². The Bertz CT molecular complexity index is 340. The molecule has 1 aliphatic heterocycles. The summed E-state index contributed by atoms with van der Waals surface area (Å²) in [5, 5.41) is 0. The van der Waals surface area contributed by atoms with Crippen molar-refractivity contribution in [1.82, 2.24) is 14.9 Å². The highest BCUT2D eigenvalue weighted by atomic mass is 15.2. The Morgan fingerprint density at radius 3 is 2.38 bits per heavy atom. The quantitative estimate of drug-likeness (QED) is 0.790. The zero-order valence-electron chi connectivity index (χ0n) is 10.9. The van der Waals surface area contributed by atoms with Gasteiger partial charge in [-0.2, -0.15) is 0 Å². The number of nitrogens with one attached hydrogen (secondary N) is 1. The lowest BCUT2D eigenvalue weighted by atomic mass is 9.91. The Morgan fingerprint density at radius 1 is 1.31 bits per heavy atom. The van der Waals surface area contributed by atoms with Gasteiger partial charge in [0.15, 0.2) is 0 Å². The predicted octanol–water partition coefficient (Wildman–Crippen LogP) is 2.70. The zero-order valence-corrected chi connectivity index (χ0v) is 10.9. The van der Waals surface area contributed by atoms with Gasteiger partial charge in [-0.3, -0.25) is 4.90 Å². The smallest absolute Gasteiger partial charge is 0.103 e. The molecule has 0 saturated carbocycles. The van der Waals surface area contributed by atoms with Gasteiger partial charge in [-0.1, -0.05) is 0 Å². The van der Waals surface area contributed by atoms with E-state index in [9.17, 15) is 0 Å². The number of piperidine rings is 1. The maximum atomic E-state index is 4.29. The molecule has 0 amide bonds. The number of aromatic amines is 1. The van der Waals surface area contributed by atoms with Gasteiger partial charge >= 0.3 is 0 Å². The molecule has 1 saturated heterocycles. The SMILES string of the molecule is Cc1ncc(C2CCN(C(C)(C)C)CC2)[nH]1. The molecule has 0 spiro atoms. The molecular weight excluding hydrogens is 198 g/mol. The van der Waals surface area contributed by atoms with Gasteiger partial charge in [-0.05, 0) is 53.6 Å². The Kier molecular flexibility index (Phi) is 3.06. The molecule has 0 unspecified atom stereocenters. The number of imidazole rings is 1. The van der Waals surface area contributed by atoms with E-state index in [0.717, 1.165) is 5.82 Å². The highest BCUT2D eigenvalue weighted by Gasteiger charge is 2.28. The molecule has 0 radical (unpaired) electrons. The third kappa shape index (κ3) is 2.46. The van der Waals surface area contributed by atoms with Crippen LogP contribution in [0.15, 0.2) is 6.20 Å². The van der Waals surface area contributed by atoms with E-state index in [-0.39, 0.29) is 0 Å². The van der Waals surface area contributed by atoms with Gasteiger partial charge < -0.3 is 4.98 Å². The third-order valence-electron chi connectivity index (χ3n) is 3.61. The molecule has 1 aromatic heterocycles.